The highest BCUT2D eigenvalue weighted by Gasteiger charge is 2.18. The van der Waals surface area contributed by atoms with Gasteiger partial charge in [0.25, 0.3) is 11.4 Å². The van der Waals surface area contributed by atoms with Crippen LogP contribution in [0.25, 0.3) is 39.3 Å². The van der Waals surface area contributed by atoms with Crippen LogP contribution in [0.5, 0.6) is 11.5 Å². The van der Waals surface area contributed by atoms with Crippen LogP contribution in [0, 0.1) is 0 Å². The van der Waals surface area contributed by atoms with Crippen LogP contribution in [0.15, 0.2) is 82.2 Å². The molecule has 5 aromatic rings. The van der Waals surface area contributed by atoms with Crippen LogP contribution in [-0.2, 0) is 6.42 Å². The van der Waals surface area contributed by atoms with Crippen molar-refractivity contribution in [2.45, 2.75) is 13.3 Å². The van der Waals surface area contributed by atoms with Crippen molar-refractivity contribution in [3.05, 3.63) is 88.8 Å². The maximum absolute atomic E-state index is 13.3. The molecule has 0 saturated heterocycles. The second kappa shape index (κ2) is 8.86. The van der Waals surface area contributed by atoms with Crippen molar-refractivity contribution in [1.29, 1.82) is 0 Å². The number of fused-ring (bicyclic) bond motifs is 1. The summed E-state index contributed by atoms with van der Waals surface area (Å²) in [6.07, 6.45) is 2.69. The Kier molecular flexibility index (Phi) is 5.59. The van der Waals surface area contributed by atoms with Gasteiger partial charge in [-0.05, 0) is 42.3 Å². The summed E-state index contributed by atoms with van der Waals surface area (Å²) in [6.45, 7) is 2.10. The van der Waals surface area contributed by atoms with Crippen LogP contribution in [0.4, 0.5) is 0 Å². The number of aromatic nitrogens is 3. The first-order valence-corrected chi connectivity index (χ1v) is 10.9. The normalized spacial score (nSPS) is 11.0. The van der Waals surface area contributed by atoms with Gasteiger partial charge in [-0.2, -0.15) is 4.98 Å². The zero-order valence-corrected chi connectivity index (χ0v) is 19.1. The first-order valence-electron chi connectivity index (χ1n) is 10.9. The van der Waals surface area contributed by atoms with Gasteiger partial charge in [0, 0.05) is 34.3 Å². The van der Waals surface area contributed by atoms with Gasteiger partial charge in [-0.15, -0.1) is 0 Å². The topological polar surface area (TPSA) is 79.4 Å². The molecule has 0 aliphatic heterocycles. The van der Waals surface area contributed by atoms with Gasteiger partial charge in [0.1, 0.15) is 11.5 Å². The van der Waals surface area contributed by atoms with Gasteiger partial charge in [-0.3, -0.25) is 9.36 Å². The fourth-order valence-electron chi connectivity index (χ4n) is 3.93. The molecule has 0 amide bonds. The molecule has 0 spiro atoms. The first kappa shape index (κ1) is 21.5. The SMILES string of the molecule is CCc1ccc(-n2cc(-c3nc(-c4cc(OC)cc(OC)c4)no3)c3ccccc3c2=O)cc1. The van der Waals surface area contributed by atoms with Crippen molar-refractivity contribution < 1.29 is 14.0 Å². The van der Waals surface area contributed by atoms with Crippen LogP contribution in [0.1, 0.15) is 12.5 Å². The Morgan fingerprint density at radius 1 is 0.912 bits per heavy atom. The minimum absolute atomic E-state index is 0.110. The molecule has 5 rings (SSSR count). The zero-order valence-electron chi connectivity index (χ0n) is 19.1. The first-order chi connectivity index (χ1) is 16.6. The van der Waals surface area contributed by atoms with E-state index in [1.807, 2.05) is 60.7 Å². The number of nitrogens with zero attached hydrogens (tertiary/aromatic N) is 3. The van der Waals surface area contributed by atoms with E-state index in [2.05, 4.69) is 17.1 Å². The second-order valence-corrected chi connectivity index (χ2v) is 7.81. The molecule has 0 fully saturated rings. The van der Waals surface area contributed by atoms with E-state index in [1.54, 1.807) is 31.0 Å². The summed E-state index contributed by atoms with van der Waals surface area (Å²) in [4.78, 5) is 17.9. The standard InChI is InChI=1S/C27H23N3O4/c1-4-17-9-11-19(12-10-17)30-16-24(22-7-5-6-8-23(22)27(30)31)26-28-25(29-34-26)18-13-20(32-2)15-21(14-18)33-3/h5-16H,4H2,1-3H3. The maximum Gasteiger partial charge on any atom is 0.262 e. The van der Waals surface area contributed by atoms with Crippen LogP contribution >= 0.6 is 0 Å². The molecule has 7 nitrogen and oxygen atoms in total. The minimum atomic E-state index is -0.110. The van der Waals surface area contributed by atoms with Gasteiger partial charge in [-0.25, -0.2) is 0 Å². The lowest BCUT2D eigenvalue weighted by Gasteiger charge is -2.11. The zero-order chi connectivity index (χ0) is 23.7. The van der Waals surface area contributed by atoms with Crippen molar-refractivity contribution >= 4 is 10.8 Å². The van der Waals surface area contributed by atoms with Gasteiger partial charge in [0.05, 0.1) is 19.8 Å². The minimum Gasteiger partial charge on any atom is -0.497 e. The Morgan fingerprint density at radius 2 is 1.59 bits per heavy atom. The number of methoxy groups -OCH3 is 2. The highest BCUT2D eigenvalue weighted by atomic mass is 16.5. The monoisotopic (exact) mass is 453 g/mol. The Bertz CT molecular complexity index is 1510. The molecule has 0 aliphatic rings. The van der Waals surface area contributed by atoms with Gasteiger partial charge >= 0.3 is 0 Å². The van der Waals surface area contributed by atoms with E-state index >= 15 is 0 Å². The van der Waals surface area contributed by atoms with E-state index in [-0.39, 0.29) is 5.56 Å². The lowest BCUT2D eigenvalue weighted by Crippen LogP contribution is -2.18. The molecule has 34 heavy (non-hydrogen) atoms. The third-order valence-corrected chi connectivity index (χ3v) is 5.81. The summed E-state index contributed by atoms with van der Waals surface area (Å²) >= 11 is 0. The van der Waals surface area contributed by atoms with Crippen molar-refractivity contribution in [2.75, 3.05) is 14.2 Å². The average Bonchev–Trinajstić information content (AvgIpc) is 3.39. The molecule has 3 aromatic carbocycles. The van der Waals surface area contributed by atoms with Crippen LogP contribution in [0.2, 0.25) is 0 Å². The summed E-state index contributed by atoms with van der Waals surface area (Å²) in [5.74, 6) is 1.94. The third-order valence-electron chi connectivity index (χ3n) is 5.81. The third kappa shape index (κ3) is 3.81. The van der Waals surface area contributed by atoms with Crippen molar-refractivity contribution in [2.24, 2.45) is 0 Å². The fraction of sp³-hybridized carbons (Fsp3) is 0.148. The van der Waals surface area contributed by atoms with Crippen LogP contribution in [0.3, 0.4) is 0 Å². The number of pyridine rings is 1. The number of benzene rings is 3. The smallest absolute Gasteiger partial charge is 0.262 e. The Balaban J connectivity index is 1.67. The highest BCUT2D eigenvalue weighted by Crippen LogP contribution is 2.31. The fourth-order valence-corrected chi connectivity index (χ4v) is 3.93. The molecular formula is C27H23N3O4. The summed E-state index contributed by atoms with van der Waals surface area (Å²) in [5.41, 5.74) is 3.22. The molecule has 0 bridgehead atoms. The summed E-state index contributed by atoms with van der Waals surface area (Å²) in [7, 11) is 3.17. The molecule has 0 unspecified atom stereocenters. The van der Waals surface area contributed by atoms with Gasteiger partial charge in [-0.1, -0.05) is 42.4 Å². The average molecular weight is 453 g/mol. The van der Waals surface area contributed by atoms with E-state index in [9.17, 15) is 4.79 Å². The van der Waals surface area contributed by atoms with E-state index in [4.69, 9.17) is 14.0 Å². The Hall–Kier alpha value is -4.39. The number of hydrogen-bond acceptors (Lipinski definition) is 6. The number of hydrogen-bond donors (Lipinski definition) is 0. The molecule has 2 heterocycles. The van der Waals surface area contributed by atoms with Crippen LogP contribution in [-0.4, -0.2) is 28.9 Å². The second-order valence-electron chi connectivity index (χ2n) is 7.81. The maximum atomic E-state index is 13.3. The molecule has 2 aromatic heterocycles. The number of aryl methyl sites for hydroxylation is 1. The van der Waals surface area contributed by atoms with Crippen molar-refractivity contribution in [3.8, 4) is 40.0 Å². The number of ether oxygens (including phenoxy) is 2. The molecule has 7 heteroatoms. The molecular weight excluding hydrogens is 430 g/mol. The summed E-state index contributed by atoms with van der Waals surface area (Å²) in [6, 6.07) is 20.8. The largest absolute Gasteiger partial charge is 0.497 e. The predicted octanol–water partition coefficient (Wildman–Crippen LogP) is 5.29. The molecule has 0 atom stereocenters. The predicted molar refractivity (Wildman–Crippen MR) is 131 cm³/mol. The Labute approximate surface area is 196 Å². The van der Waals surface area contributed by atoms with Gasteiger partial charge in [0.15, 0.2) is 0 Å². The lowest BCUT2D eigenvalue weighted by atomic mass is 10.1. The molecule has 0 radical (unpaired) electrons. The van der Waals surface area contributed by atoms with E-state index in [0.717, 1.165) is 17.5 Å². The molecule has 0 aliphatic carbocycles. The molecule has 0 saturated carbocycles. The Morgan fingerprint density at radius 3 is 2.24 bits per heavy atom. The molecule has 0 N–H and O–H groups in total. The van der Waals surface area contributed by atoms with E-state index in [1.165, 1.54) is 5.56 Å². The highest BCUT2D eigenvalue weighted by molar-refractivity contribution is 5.94. The van der Waals surface area contributed by atoms with E-state index in [0.29, 0.717) is 39.7 Å². The summed E-state index contributed by atoms with van der Waals surface area (Å²) in [5, 5.41) is 5.50. The lowest BCUT2D eigenvalue weighted by molar-refractivity contribution is 0.394. The van der Waals surface area contributed by atoms with E-state index < -0.39 is 0 Å². The van der Waals surface area contributed by atoms with Gasteiger partial charge in [0.2, 0.25) is 5.82 Å². The van der Waals surface area contributed by atoms with Crippen LogP contribution < -0.4 is 15.0 Å². The van der Waals surface area contributed by atoms with Crippen molar-refractivity contribution in [1.82, 2.24) is 14.7 Å². The summed E-state index contributed by atoms with van der Waals surface area (Å²) < 4.78 is 18.0. The number of rotatable bonds is 6. The quantitative estimate of drug-likeness (QED) is 0.348. The van der Waals surface area contributed by atoms with Gasteiger partial charge < -0.3 is 14.0 Å². The van der Waals surface area contributed by atoms with Crippen molar-refractivity contribution in [3.63, 3.8) is 0 Å². The molecule has 170 valence electrons.